The summed E-state index contributed by atoms with van der Waals surface area (Å²) in [7, 11) is -8.72. The number of hydrogen-bond donors (Lipinski definition) is 5. The Morgan fingerprint density at radius 1 is 1.10 bits per heavy atom. The van der Waals surface area contributed by atoms with E-state index in [1.807, 2.05) is 38.1 Å². The van der Waals surface area contributed by atoms with Crippen LogP contribution < -0.4 is 21.7 Å². The van der Waals surface area contributed by atoms with E-state index in [2.05, 4.69) is 15.3 Å². The zero-order valence-electron chi connectivity index (χ0n) is 21.5. The Morgan fingerprint density at radius 3 is 2.18 bits per heavy atom. The number of nitrogens with two attached hydrogens (primary N) is 2. The van der Waals surface area contributed by atoms with Crippen LogP contribution in [0.15, 0.2) is 57.3 Å². The maximum absolute atomic E-state index is 13.2. The molecule has 1 heterocycles. The van der Waals surface area contributed by atoms with Crippen molar-refractivity contribution in [3.05, 3.63) is 53.6 Å². The van der Waals surface area contributed by atoms with Gasteiger partial charge in [-0.25, -0.2) is 4.99 Å². The predicted octanol–water partition coefficient (Wildman–Crippen LogP) is 1.28. The molecular formula is C23H31FN6O7S2. The first-order chi connectivity index (χ1) is 17.9. The van der Waals surface area contributed by atoms with Crippen molar-refractivity contribution in [2.45, 2.75) is 44.2 Å². The molecule has 0 saturated heterocycles. The minimum atomic E-state index is -4.79. The van der Waals surface area contributed by atoms with E-state index in [-0.39, 0.29) is 29.8 Å². The molecule has 2 aromatic rings. The van der Waals surface area contributed by atoms with Gasteiger partial charge in [0.15, 0.2) is 0 Å². The Morgan fingerprint density at radius 2 is 1.72 bits per heavy atom. The van der Waals surface area contributed by atoms with E-state index in [1.54, 1.807) is 4.90 Å². The van der Waals surface area contributed by atoms with Crippen LogP contribution in [0.25, 0.3) is 0 Å². The summed E-state index contributed by atoms with van der Waals surface area (Å²) in [4.78, 5) is 22.0. The van der Waals surface area contributed by atoms with Crippen molar-refractivity contribution in [3.8, 4) is 0 Å². The summed E-state index contributed by atoms with van der Waals surface area (Å²) in [6, 6.07) is 11.4. The van der Waals surface area contributed by atoms with E-state index in [0.29, 0.717) is 12.1 Å². The van der Waals surface area contributed by atoms with Gasteiger partial charge in [0.2, 0.25) is 17.8 Å². The molecule has 1 amide bonds. The molecule has 0 aliphatic carbocycles. The summed E-state index contributed by atoms with van der Waals surface area (Å²) in [6.07, 6.45) is 0.696. The topological polar surface area (TPSA) is 218 Å². The number of anilines is 2. The maximum atomic E-state index is 13.2. The number of hydrogen-bond acceptors (Lipinski definition) is 11. The predicted molar refractivity (Wildman–Crippen MR) is 146 cm³/mol. The lowest BCUT2D eigenvalue weighted by Crippen LogP contribution is -2.54. The van der Waals surface area contributed by atoms with E-state index in [1.165, 1.54) is 19.1 Å². The summed E-state index contributed by atoms with van der Waals surface area (Å²) in [5.41, 5.74) is 13.4. The van der Waals surface area contributed by atoms with Crippen molar-refractivity contribution in [1.82, 2.24) is 0 Å². The number of carbonyl (C=O) groups excluding carboxylic acids is 1. The third-order valence-electron chi connectivity index (χ3n) is 5.30. The van der Waals surface area contributed by atoms with Crippen molar-refractivity contribution < 1.29 is 35.2 Å². The van der Waals surface area contributed by atoms with Crippen molar-refractivity contribution >= 4 is 49.5 Å². The molecule has 214 valence electrons. The van der Waals surface area contributed by atoms with Crippen LogP contribution in [0.5, 0.6) is 0 Å². The van der Waals surface area contributed by atoms with Gasteiger partial charge in [0, 0.05) is 17.8 Å². The zero-order valence-corrected chi connectivity index (χ0v) is 23.1. The van der Waals surface area contributed by atoms with Crippen molar-refractivity contribution in [1.29, 1.82) is 0 Å². The molecule has 0 unspecified atom stereocenters. The quantitative estimate of drug-likeness (QED) is 0.220. The van der Waals surface area contributed by atoms with Crippen molar-refractivity contribution in [2.24, 2.45) is 21.5 Å². The van der Waals surface area contributed by atoms with Crippen molar-refractivity contribution in [2.75, 3.05) is 22.6 Å². The molecule has 0 aromatic heterocycles. The van der Waals surface area contributed by atoms with Crippen LogP contribution in [0.1, 0.15) is 31.4 Å². The zero-order chi connectivity index (χ0) is 29.6. The van der Waals surface area contributed by atoms with Crippen LogP contribution in [0.4, 0.5) is 15.3 Å². The molecule has 1 aliphatic rings. The number of amides is 1. The van der Waals surface area contributed by atoms with E-state index in [0.717, 1.165) is 17.3 Å². The number of guanidine groups is 2. The molecule has 0 bridgehead atoms. The number of nitrogens with one attached hydrogen (secondary N) is 1. The number of aliphatic imine (C=N–C) groups is 2. The Bertz CT molecular complexity index is 1470. The molecule has 0 atom stereocenters. The highest BCUT2D eigenvalue weighted by atomic mass is 32.3. The number of halogens is 1. The average molecular weight is 587 g/mol. The van der Waals surface area contributed by atoms with Crippen LogP contribution in [-0.4, -0.2) is 62.3 Å². The highest BCUT2D eigenvalue weighted by molar-refractivity contribution is 7.86. The molecule has 7 N–H and O–H groups in total. The summed E-state index contributed by atoms with van der Waals surface area (Å²) in [6.45, 7) is 4.68. The second-order valence-electron chi connectivity index (χ2n) is 8.91. The van der Waals surface area contributed by atoms with Gasteiger partial charge in [-0.3, -0.25) is 14.2 Å². The lowest BCUT2D eigenvalue weighted by atomic mass is 10.1. The molecule has 0 spiro atoms. The van der Waals surface area contributed by atoms with Gasteiger partial charge in [-0.15, -0.1) is 3.89 Å². The van der Waals surface area contributed by atoms with Gasteiger partial charge in [-0.1, -0.05) is 12.1 Å². The molecule has 2 aromatic carbocycles. The van der Waals surface area contributed by atoms with Crippen molar-refractivity contribution in [3.63, 3.8) is 0 Å². The van der Waals surface area contributed by atoms with Crippen LogP contribution in [-0.2, 0) is 31.6 Å². The van der Waals surface area contributed by atoms with Crippen LogP contribution in [0.3, 0.4) is 0 Å². The first-order valence-electron chi connectivity index (χ1n) is 11.4. The molecule has 13 nitrogen and oxygen atoms in total. The minimum absolute atomic E-state index is 0.127. The molecule has 39 heavy (non-hydrogen) atoms. The van der Waals surface area contributed by atoms with Gasteiger partial charge in [-0.05, 0) is 68.7 Å². The van der Waals surface area contributed by atoms with Crippen LogP contribution in [0, 0.1) is 6.92 Å². The Kier molecular flexibility index (Phi) is 10.1. The summed E-state index contributed by atoms with van der Waals surface area (Å²) >= 11 is 0. The molecular weight excluding hydrogens is 555 g/mol. The molecule has 0 fully saturated rings. The third kappa shape index (κ3) is 9.58. The second-order valence-corrected chi connectivity index (χ2v) is 11.8. The van der Waals surface area contributed by atoms with Gasteiger partial charge >= 0.3 is 10.2 Å². The van der Waals surface area contributed by atoms with Gasteiger partial charge < -0.3 is 21.9 Å². The highest BCUT2D eigenvalue weighted by Crippen LogP contribution is 2.28. The standard InChI is InChI=1S/C21H25FN6O3S.C2H6O4S/c1-13-12-15(7-10-17(13)32(22,30)31)25-18(29)11-6-14-4-8-16(9-5-14)28-20(24)26-19(23)27-21(28,2)3;3-1-2-7(4,5)6/h4-5,7-10,12H,6,11H2,1-3H3,(H,25,29)(H4,23,24,26,27);3H,1-2H2,(H,4,5,6). The molecule has 3 rings (SSSR count). The molecule has 0 saturated carbocycles. The van der Waals surface area contributed by atoms with Gasteiger partial charge in [-0.2, -0.15) is 21.8 Å². The molecule has 1 aliphatic heterocycles. The van der Waals surface area contributed by atoms with Crippen LogP contribution in [0.2, 0.25) is 0 Å². The fraction of sp³-hybridized carbons (Fsp3) is 0.348. The van der Waals surface area contributed by atoms with Gasteiger partial charge in [0.1, 0.15) is 10.6 Å². The maximum Gasteiger partial charge on any atom is 0.332 e. The molecule has 0 radical (unpaired) electrons. The fourth-order valence-corrected chi connectivity index (χ4v) is 4.57. The fourth-order valence-electron chi connectivity index (χ4n) is 3.66. The van der Waals surface area contributed by atoms with E-state index in [9.17, 15) is 25.5 Å². The Hall–Kier alpha value is -3.60. The Balaban J connectivity index is 0.000000673. The number of aryl methyl sites for hydroxylation is 2. The van der Waals surface area contributed by atoms with Gasteiger partial charge in [0.05, 0.1) is 12.4 Å². The number of carbonyl (C=O) groups is 1. The SMILES string of the molecule is Cc1cc(NC(=O)CCc2ccc(N3C(N)=NC(N)=NC3(C)C)cc2)ccc1S(=O)(=O)F.O=S(=O)(O)CCO. The lowest BCUT2D eigenvalue weighted by molar-refractivity contribution is -0.116. The van der Waals surface area contributed by atoms with E-state index >= 15 is 0 Å². The second kappa shape index (κ2) is 12.5. The number of rotatable bonds is 8. The Labute approximate surface area is 226 Å². The number of aliphatic hydroxyl groups is 1. The summed E-state index contributed by atoms with van der Waals surface area (Å²) in [5, 5.41) is 10.6. The molecule has 16 heteroatoms. The first kappa shape index (κ1) is 31.6. The normalized spacial score (nSPS) is 15.0. The lowest BCUT2D eigenvalue weighted by Gasteiger charge is -2.38. The highest BCUT2D eigenvalue weighted by Gasteiger charge is 2.32. The van der Waals surface area contributed by atoms with Crippen LogP contribution >= 0.6 is 0 Å². The summed E-state index contributed by atoms with van der Waals surface area (Å²) < 4.78 is 62.4. The monoisotopic (exact) mass is 586 g/mol. The van der Waals surface area contributed by atoms with E-state index in [4.69, 9.17) is 21.1 Å². The number of aliphatic hydroxyl groups excluding tert-OH is 1. The van der Waals surface area contributed by atoms with E-state index < -0.39 is 43.3 Å². The van der Waals surface area contributed by atoms with Gasteiger partial charge in [0.25, 0.3) is 10.1 Å². The first-order valence-corrected chi connectivity index (χ1v) is 14.4. The smallest absolute Gasteiger partial charge is 0.332 e. The summed E-state index contributed by atoms with van der Waals surface area (Å²) in [5.74, 6) is -0.450. The number of nitrogens with zero attached hydrogens (tertiary/aromatic N) is 3. The largest absolute Gasteiger partial charge is 0.395 e. The third-order valence-corrected chi connectivity index (χ3v) is 6.98. The number of benzene rings is 2. The minimum Gasteiger partial charge on any atom is -0.395 e. The average Bonchev–Trinajstić information content (AvgIpc) is 2.76.